The Morgan fingerprint density at radius 1 is 1.26 bits per heavy atom. The van der Waals surface area contributed by atoms with E-state index in [2.05, 4.69) is 25.3 Å². The molecule has 2 aromatic rings. The van der Waals surface area contributed by atoms with Crippen molar-refractivity contribution in [2.45, 2.75) is 6.54 Å². The van der Waals surface area contributed by atoms with Gasteiger partial charge in [-0.25, -0.2) is 0 Å². The van der Waals surface area contributed by atoms with Crippen molar-refractivity contribution in [1.82, 2.24) is 20.3 Å². The number of nitrogens with zero attached hydrogens (tertiary/aromatic N) is 4. The number of hydrogen-bond donors (Lipinski definition) is 1. The van der Waals surface area contributed by atoms with Crippen LogP contribution in [0.3, 0.4) is 0 Å². The van der Waals surface area contributed by atoms with Crippen molar-refractivity contribution in [2.75, 3.05) is 46.4 Å². The van der Waals surface area contributed by atoms with Gasteiger partial charge in [0.2, 0.25) is 0 Å². The van der Waals surface area contributed by atoms with Crippen LogP contribution in [0.15, 0.2) is 40.0 Å². The third-order valence-electron chi connectivity index (χ3n) is 4.32. The minimum atomic E-state index is 0.437. The van der Waals surface area contributed by atoms with E-state index in [1.807, 2.05) is 12.1 Å². The summed E-state index contributed by atoms with van der Waals surface area (Å²) in [5.74, 6) is 1.46. The molecule has 0 spiro atoms. The van der Waals surface area contributed by atoms with E-state index in [0.29, 0.717) is 28.9 Å². The molecule has 1 aliphatic rings. The van der Waals surface area contributed by atoms with Gasteiger partial charge in [0.15, 0.2) is 5.96 Å². The largest absolute Gasteiger partial charge is 0.490 e. The summed E-state index contributed by atoms with van der Waals surface area (Å²) in [7, 11) is 1.79. The lowest BCUT2D eigenvalue weighted by atomic mass is 10.3. The molecule has 0 bridgehead atoms. The van der Waals surface area contributed by atoms with Gasteiger partial charge in [-0.2, -0.15) is 0 Å². The molecule has 1 aliphatic heterocycles. The molecule has 7 nitrogen and oxygen atoms in total. The van der Waals surface area contributed by atoms with Gasteiger partial charge in [0, 0.05) is 45.8 Å². The molecule has 0 saturated carbocycles. The van der Waals surface area contributed by atoms with E-state index in [1.54, 1.807) is 25.4 Å². The van der Waals surface area contributed by atoms with Crippen molar-refractivity contribution in [2.24, 2.45) is 4.99 Å². The lowest BCUT2D eigenvalue weighted by molar-refractivity contribution is 0.168. The number of aliphatic imine (C=N–C) groups is 1. The molecule has 1 fully saturated rings. The summed E-state index contributed by atoms with van der Waals surface area (Å²) in [6, 6.07) is 7.25. The number of piperazine rings is 1. The van der Waals surface area contributed by atoms with Crippen LogP contribution >= 0.6 is 23.2 Å². The van der Waals surface area contributed by atoms with Crippen molar-refractivity contribution in [3.05, 3.63) is 46.3 Å². The van der Waals surface area contributed by atoms with E-state index in [-0.39, 0.29) is 0 Å². The van der Waals surface area contributed by atoms with Gasteiger partial charge in [-0.15, -0.1) is 0 Å². The van der Waals surface area contributed by atoms with E-state index in [4.69, 9.17) is 32.5 Å². The van der Waals surface area contributed by atoms with Gasteiger partial charge in [-0.3, -0.25) is 9.89 Å². The Kier molecular flexibility index (Phi) is 7.20. The summed E-state index contributed by atoms with van der Waals surface area (Å²) in [4.78, 5) is 8.97. The van der Waals surface area contributed by atoms with Crippen molar-refractivity contribution in [1.29, 1.82) is 0 Å². The lowest BCUT2D eigenvalue weighted by Crippen LogP contribution is -2.52. The van der Waals surface area contributed by atoms with Crippen LogP contribution in [-0.4, -0.2) is 67.3 Å². The Hall–Kier alpha value is -1.96. The van der Waals surface area contributed by atoms with Gasteiger partial charge in [-0.1, -0.05) is 34.4 Å². The minimum Gasteiger partial charge on any atom is -0.490 e. The zero-order chi connectivity index (χ0) is 19.1. The van der Waals surface area contributed by atoms with Crippen molar-refractivity contribution in [3.63, 3.8) is 0 Å². The molecule has 1 aromatic carbocycles. The minimum absolute atomic E-state index is 0.437. The molecule has 1 aromatic heterocycles. The molecular formula is C18H23Cl2N5O2. The highest BCUT2D eigenvalue weighted by atomic mass is 35.5. The fourth-order valence-electron chi connectivity index (χ4n) is 2.92. The molecule has 3 rings (SSSR count). The monoisotopic (exact) mass is 411 g/mol. The summed E-state index contributed by atoms with van der Waals surface area (Å²) >= 11 is 12.1. The van der Waals surface area contributed by atoms with Crippen LogP contribution in [0.5, 0.6) is 5.75 Å². The number of aromatic nitrogens is 1. The number of benzene rings is 1. The zero-order valence-corrected chi connectivity index (χ0v) is 16.7. The summed E-state index contributed by atoms with van der Waals surface area (Å²) < 4.78 is 10.6. The smallest absolute Gasteiger partial charge is 0.193 e. The first kappa shape index (κ1) is 19.8. The second-order valence-corrected chi connectivity index (χ2v) is 6.91. The Balaban J connectivity index is 1.40. The van der Waals surface area contributed by atoms with Crippen molar-refractivity contribution >= 4 is 29.2 Å². The van der Waals surface area contributed by atoms with E-state index in [1.165, 1.54) is 0 Å². The van der Waals surface area contributed by atoms with Crippen LogP contribution in [0.2, 0.25) is 10.0 Å². The number of guanidine groups is 1. The molecule has 146 valence electrons. The molecule has 0 amide bonds. The predicted octanol–water partition coefficient (Wildman–Crippen LogP) is 2.75. The highest BCUT2D eigenvalue weighted by molar-refractivity contribution is 6.42. The maximum atomic E-state index is 6.12. The van der Waals surface area contributed by atoms with Crippen LogP contribution in [-0.2, 0) is 6.54 Å². The average Bonchev–Trinajstić information content (AvgIpc) is 3.19. The van der Waals surface area contributed by atoms with Gasteiger partial charge >= 0.3 is 0 Å². The van der Waals surface area contributed by atoms with Crippen molar-refractivity contribution < 1.29 is 9.26 Å². The number of halogens is 2. The molecule has 1 N–H and O–H groups in total. The van der Waals surface area contributed by atoms with E-state index < -0.39 is 0 Å². The first-order valence-corrected chi connectivity index (χ1v) is 9.57. The Labute approximate surface area is 168 Å². The molecule has 0 aliphatic carbocycles. The number of nitrogens with one attached hydrogen (secondary N) is 1. The number of ether oxygens (including phenoxy) is 1. The molecular weight excluding hydrogens is 389 g/mol. The van der Waals surface area contributed by atoms with Crippen LogP contribution in [0.4, 0.5) is 0 Å². The summed E-state index contributed by atoms with van der Waals surface area (Å²) in [5, 5.41) is 8.23. The first-order chi connectivity index (χ1) is 13.2. The Morgan fingerprint density at radius 2 is 2.07 bits per heavy atom. The van der Waals surface area contributed by atoms with E-state index in [0.717, 1.165) is 44.4 Å². The lowest BCUT2D eigenvalue weighted by Gasteiger charge is -2.36. The number of rotatable bonds is 6. The van der Waals surface area contributed by atoms with Crippen LogP contribution in [0.1, 0.15) is 5.69 Å². The Bertz CT molecular complexity index is 746. The quantitative estimate of drug-likeness (QED) is 0.447. The fraction of sp³-hybridized carbons (Fsp3) is 0.444. The SMILES string of the molecule is CN=C(NCCOc1cccc(Cl)c1Cl)N1CCN(Cc2ccon2)CC1. The molecule has 27 heavy (non-hydrogen) atoms. The van der Waals surface area contributed by atoms with Crippen molar-refractivity contribution in [3.8, 4) is 5.75 Å². The van der Waals surface area contributed by atoms with E-state index >= 15 is 0 Å². The standard InChI is InChI=1S/C18H23Cl2N5O2/c1-21-18(22-6-12-26-16-4-2-3-15(19)17(16)20)25-9-7-24(8-10-25)13-14-5-11-27-23-14/h2-5,11H,6-10,12-13H2,1H3,(H,21,22). The van der Waals surface area contributed by atoms with Gasteiger partial charge in [0.25, 0.3) is 0 Å². The average molecular weight is 412 g/mol. The zero-order valence-electron chi connectivity index (χ0n) is 15.2. The summed E-state index contributed by atoms with van der Waals surface area (Å²) in [6.45, 7) is 5.59. The fourth-order valence-corrected chi connectivity index (χ4v) is 3.26. The maximum Gasteiger partial charge on any atom is 0.193 e. The predicted molar refractivity (Wildman–Crippen MR) is 107 cm³/mol. The van der Waals surface area contributed by atoms with Gasteiger partial charge in [0.1, 0.15) is 23.6 Å². The molecule has 1 saturated heterocycles. The Morgan fingerprint density at radius 3 is 2.78 bits per heavy atom. The maximum absolute atomic E-state index is 6.12. The number of hydrogen-bond acceptors (Lipinski definition) is 5. The highest BCUT2D eigenvalue weighted by Crippen LogP contribution is 2.31. The van der Waals surface area contributed by atoms with Gasteiger partial charge in [0.05, 0.1) is 17.3 Å². The molecule has 0 radical (unpaired) electrons. The third-order valence-corrected chi connectivity index (χ3v) is 5.12. The van der Waals surface area contributed by atoms with E-state index in [9.17, 15) is 0 Å². The molecule has 9 heteroatoms. The molecule has 2 heterocycles. The topological polar surface area (TPSA) is 66.1 Å². The normalized spacial score (nSPS) is 15.8. The van der Waals surface area contributed by atoms with Crippen LogP contribution in [0, 0.1) is 0 Å². The second-order valence-electron chi connectivity index (χ2n) is 6.13. The summed E-state index contributed by atoms with van der Waals surface area (Å²) in [6.07, 6.45) is 1.61. The highest BCUT2D eigenvalue weighted by Gasteiger charge is 2.20. The first-order valence-electron chi connectivity index (χ1n) is 8.81. The van der Waals surface area contributed by atoms with Gasteiger partial charge in [-0.05, 0) is 12.1 Å². The van der Waals surface area contributed by atoms with Gasteiger partial charge < -0.3 is 19.5 Å². The van der Waals surface area contributed by atoms with Crippen LogP contribution in [0.25, 0.3) is 0 Å². The third kappa shape index (κ3) is 5.51. The summed E-state index contributed by atoms with van der Waals surface area (Å²) in [5.41, 5.74) is 0.961. The second kappa shape index (κ2) is 9.82. The molecule has 0 atom stereocenters. The molecule has 0 unspecified atom stereocenters. The van der Waals surface area contributed by atoms with Crippen LogP contribution < -0.4 is 10.1 Å².